The molecule has 1 aliphatic heterocycles. The molecule has 1 aromatic carbocycles. The van der Waals surface area contributed by atoms with Crippen LogP contribution in [0.25, 0.3) is 0 Å². The molecule has 1 heterocycles. The van der Waals surface area contributed by atoms with Gasteiger partial charge in [0.15, 0.2) is 17.3 Å². The van der Waals surface area contributed by atoms with Crippen molar-refractivity contribution in [2.24, 2.45) is 0 Å². The first kappa shape index (κ1) is 15.8. The third-order valence-electron chi connectivity index (χ3n) is 3.00. The van der Waals surface area contributed by atoms with Gasteiger partial charge in [0.1, 0.15) is 0 Å². The van der Waals surface area contributed by atoms with Crippen molar-refractivity contribution in [3.63, 3.8) is 0 Å². The molecule has 0 spiro atoms. The lowest BCUT2D eigenvalue weighted by molar-refractivity contribution is 0.0938. The smallest absolute Gasteiger partial charge is 0.231 e. The summed E-state index contributed by atoms with van der Waals surface area (Å²) in [4.78, 5) is 12.4. The fourth-order valence-corrected chi connectivity index (χ4v) is 2.11. The molecule has 1 aliphatic rings. The summed E-state index contributed by atoms with van der Waals surface area (Å²) in [5.41, 5.74) is 0.679. The summed E-state index contributed by atoms with van der Waals surface area (Å²) in [5, 5.41) is 3.23. The highest BCUT2D eigenvalue weighted by molar-refractivity contribution is 6.00. The zero-order valence-electron chi connectivity index (χ0n) is 11.3. The lowest BCUT2D eigenvalue weighted by atomic mass is 10.00. The summed E-state index contributed by atoms with van der Waals surface area (Å²) < 4.78 is 10.5. The molecule has 5 heteroatoms. The number of hydrogen-bond acceptors (Lipinski definition) is 4. The molecule has 4 nitrogen and oxygen atoms in total. The Labute approximate surface area is 119 Å². The van der Waals surface area contributed by atoms with Gasteiger partial charge in [-0.15, -0.1) is 12.4 Å². The molecule has 1 aromatic rings. The average molecular weight is 286 g/mol. The number of rotatable bonds is 6. The first-order chi connectivity index (χ1) is 8.76. The highest BCUT2D eigenvalue weighted by atomic mass is 35.5. The van der Waals surface area contributed by atoms with Gasteiger partial charge >= 0.3 is 0 Å². The topological polar surface area (TPSA) is 47.6 Å². The van der Waals surface area contributed by atoms with Crippen LogP contribution in [0.3, 0.4) is 0 Å². The van der Waals surface area contributed by atoms with Gasteiger partial charge in [0, 0.05) is 5.56 Å². The van der Waals surface area contributed by atoms with Crippen LogP contribution in [-0.4, -0.2) is 25.2 Å². The van der Waals surface area contributed by atoms with E-state index in [4.69, 9.17) is 9.47 Å². The molecular weight excluding hydrogens is 266 g/mol. The number of halogens is 1. The van der Waals surface area contributed by atoms with Gasteiger partial charge in [0.2, 0.25) is 6.79 Å². The van der Waals surface area contributed by atoms with Crippen molar-refractivity contribution in [3.05, 3.63) is 23.8 Å². The van der Waals surface area contributed by atoms with Crippen LogP contribution in [0, 0.1) is 0 Å². The van der Waals surface area contributed by atoms with E-state index >= 15 is 0 Å². The summed E-state index contributed by atoms with van der Waals surface area (Å²) >= 11 is 0. The van der Waals surface area contributed by atoms with Crippen molar-refractivity contribution in [3.8, 4) is 11.5 Å². The SMILES string of the molecule is CCCC(NCC)C(=O)c1ccc2c(c1)OCO2.Cl. The van der Waals surface area contributed by atoms with Crippen molar-refractivity contribution < 1.29 is 14.3 Å². The molecule has 1 atom stereocenters. The average Bonchev–Trinajstić information content (AvgIpc) is 2.84. The zero-order valence-corrected chi connectivity index (χ0v) is 12.1. The Hall–Kier alpha value is -1.26. The van der Waals surface area contributed by atoms with Crippen molar-refractivity contribution in [2.75, 3.05) is 13.3 Å². The van der Waals surface area contributed by atoms with E-state index in [0.717, 1.165) is 19.4 Å². The first-order valence-corrected chi connectivity index (χ1v) is 6.43. The molecule has 0 saturated carbocycles. The Morgan fingerprint density at radius 2 is 2.05 bits per heavy atom. The summed E-state index contributed by atoms with van der Waals surface area (Å²) in [6.07, 6.45) is 1.83. The number of ketones is 1. The maximum Gasteiger partial charge on any atom is 0.231 e. The Kier molecular flexibility index (Phi) is 6.12. The molecule has 0 fully saturated rings. The predicted molar refractivity (Wildman–Crippen MR) is 76.5 cm³/mol. The highest BCUT2D eigenvalue weighted by Crippen LogP contribution is 2.32. The summed E-state index contributed by atoms with van der Waals surface area (Å²) in [7, 11) is 0. The molecular formula is C14H20ClNO3. The van der Waals surface area contributed by atoms with Crippen LogP contribution in [0.15, 0.2) is 18.2 Å². The normalized spacial score (nSPS) is 13.8. The van der Waals surface area contributed by atoms with E-state index in [0.29, 0.717) is 17.1 Å². The molecule has 1 unspecified atom stereocenters. The molecule has 0 radical (unpaired) electrons. The van der Waals surface area contributed by atoms with Gasteiger partial charge in [-0.3, -0.25) is 4.79 Å². The molecule has 0 saturated heterocycles. The van der Waals surface area contributed by atoms with Crippen LogP contribution < -0.4 is 14.8 Å². The van der Waals surface area contributed by atoms with E-state index in [1.807, 2.05) is 6.92 Å². The lowest BCUT2D eigenvalue weighted by Crippen LogP contribution is -2.36. The van der Waals surface area contributed by atoms with E-state index in [2.05, 4.69) is 12.2 Å². The van der Waals surface area contributed by atoms with Crippen LogP contribution >= 0.6 is 12.4 Å². The minimum Gasteiger partial charge on any atom is -0.454 e. The molecule has 1 N–H and O–H groups in total. The molecule has 0 amide bonds. The van der Waals surface area contributed by atoms with E-state index in [1.54, 1.807) is 18.2 Å². The minimum atomic E-state index is -0.111. The van der Waals surface area contributed by atoms with Crippen LogP contribution in [-0.2, 0) is 0 Å². The van der Waals surface area contributed by atoms with Crippen molar-refractivity contribution >= 4 is 18.2 Å². The number of benzene rings is 1. The van der Waals surface area contributed by atoms with Gasteiger partial charge in [-0.2, -0.15) is 0 Å². The second kappa shape index (κ2) is 7.36. The fraction of sp³-hybridized carbons (Fsp3) is 0.500. The van der Waals surface area contributed by atoms with Crippen LogP contribution in [0.4, 0.5) is 0 Å². The largest absolute Gasteiger partial charge is 0.454 e. The maximum atomic E-state index is 12.4. The van der Waals surface area contributed by atoms with Gasteiger partial charge in [-0.25, -0.2) is 0 Å². The number of ether oxygens (including phenoxy) is 2. The Balaban J connectivity index is 0.00000180. The monoisotopic (exact) mass is 285 g/mol. The molecule has 0 bridgehead atoms. The molecule has 2 rings (SSSR count). The predicted octanol–water partition coefficient (Wildman–Crippen LogP) is 2.80. The molecule has 106 valence electrons. The minimum absolute atomic E-state index is 0. The number of carbonyl (C=O) groups is 1. The van der Waals surface area contributed by atoms with E-state index in [9.17, 15) is 4.79 Å². The number of likely N-dealkylation sites (N-methyl/N-ethyl adjacent to an activating group) is 1. The summed E-state index contributed by atoms with van der Waals surface area (Å²) in [5.74, 6) is 1.49. The maximum absolute atomic E-state index is 12.4. The Morgan fingerprint density at radius 1 is 1.32 bits per heavy atom. The number of Topliss-reactive ketones (excluding diaryl/α,β-unsaturated/α-hetero) is 1. The van der Waals surface area contributed by atoms with Gasteiger partial charge in [0.05, 0.1) is 6.04 Å². The fourth-order valence-electron chi connectivity index (χ4n) is 2.11. The van der Waals surface area contributed by atoms with Crippen LogP contribution in [0.5, 0.6) is 11.5 Å². The van der Waals surface area contributed by atoms with Gasteiger partial charge in [-0.1, -0.05) is 20.3 Å². The van der Waals surface area contributed by atoms with Gasteiger partial charge in [-0.05, 0) is 31.2 Å². The molecule has 0 aliphatic carbocycles. The summed E-state index contributed by atoms with van der Waals surface area (Å²) in [6, 6.07) is 5.26. The highest BCUT2D eigenvalue weighted by Gasteiger charge is 2.21. The van der Waals surface area contributed by atoms with Crippen LogP contribution in [0.2, 0.25) is 0 Å². The van der Waals surface area contributed by atoms with Gasteiger partial charge < -0.3 is 14.8 Å². The Morgan fingerprint density at radius 3 is 2.74 bits per heavy atom. The third kappa shape index (κ3) is 3.61. The van der Waals surface area contributed by atoms with E-state index in [1.165, 1.54) is 0 Å². The number of hydrogen-bond donors (Lipinski definition) is 1. The summed E-state index contributed by atoms with van der Waals surface area (Å²) in [6.45, 7) is 5.12. The molecule has 19 heavy (non-hydrogen) atoms. The van der Waals surface area contributed by atoms with Crippen molar-refractivity contribution in [1.29, 1.82) is 0 Å². The quantitative estimate of drug-likeness (QED) is 0.817. The van der Waals surface area contributed by atoms with Crippen molar-refractivity contribution in [2.45, 2.75) is 32.7 Å². The number of carbonyl (C=O) groups excluding carboxylic acids is 1. The Bertz CT molecular complexity index is 431. The van der Waals surface area contributed by atoms with Crippen LogP contribution in [0.1, 0.15) is 37.0 Å². The zero-order chi connectivity index (χ0) is 13.0. The van der Waals surface area contributed by atoms with E-state index < -0.39 is 0 Å². The molecule has 0 aromatic heterocycles. The third-order valence-corrected chi connectivity index (χ3v) is 3.00. The van der Waals surface area contributed by atoms with Crippen molar-refractivity contribution in [1.82, 2.24) is 5.32 Å². The standard InChI is InChI=1S/C14H19NO3.ClH/c1-3-5-11(15-4-2)14(16)10-6-7-12-13(8-10)18-9-17-12;/h6-8,11,15H,3-5,9H2,1-2H3;1H. The second-order valence-electron chi connectivity index (χ2n) is 4.33. The lowest BCUT2D eigenvalue weighted by Gasteiger charge is -2.15. The number of fused-ring (bicyclic) bond motifs is 1. The second-order valence-corrected chi connectivity index (χ2v) is 4.33. The number of nitrogens with one attached hydrogen (secondary N) is 1. The first-order valence-electron chi connectivity index (χ1n) is 6.43. The van der Waals surface area contributed by atoms with E-state index in [-0.39, 0.29) is 31.0 Å². The van der Waals surface area contributed by atoms with Gasteiger partial charge in [0.25, 0.3) is 0 Å².